The van der Waals surface area contributed by atoms with Gasteiger partial charge in [0.2, 0.25) is 0 Å². The number of aromatic nitrogens is 4. The molecule has 0 unspecified atom stereocenters. The number of carbonyl (C=O) groups excluding carboxylic acids is 1. The minimum atomic E-state index is 0.0661. The van der Waals surface area contributed by atoms with Crippen molar-refractivity contribution < 1.29 is 4.79 Å². The highest BCUT2D eigenvalue weighted by molar-refractivity contribution is 5.93. The van der Waals surface area contributed by atoms with E-state index in [1.165, 1.54) is 0 Å². The molecule has 3 aromatic heterocycles. The van der Waals surface area contributed by atoms with Gasteiger partial charge in [0.15, 0.2) is 0 Å². The van der Waals surface area contributed by atoms with Crippen LogP contribution in [-0.2, 0) is 7.05 Å². The minimum Gasteiger partial charge on any atom is -0.339 e. The zero-order valence-corrected chi connectivity index (χ0v) is 14.7. The zero-order valence-electron chi connectivity index (χ0n) is 14.7. The fourth-order valence-electron chi connectivity index (χ4n) is 3.44. The van der Waals surface area contributed by atoms with Gasteiger partial charge in [0.05, 0.1) is 11.8 Å². The highest BCUT2D eigenvalue weighted by Crippen LogP contribution is 2.28. The smallest absolute Gasteiger partial charge is 0.255 e. The van der Waals surface area contributed by atoms with Crippen molar-refractivity contribution >= 4 is 5.91 Å². The molecule has 1 aliphatic rings. The second-order valence-electron chi connectivity index (χ2n) is 6.68. The summed E-state index contributed by atoms with van der Waals surface area (Å²) < 4.78 is 1.79. The lowest BCUT2D eigenvalue weighted by atomic mass is 9.92. The molecule has 132 valence electrons. The third-order valence-electron chi connectivity index (χ3n) is 4.93. The molecule has 1 amide bonds. The molecule has 1 fully saturated rings. The standard InChI is InChI=1S/C20H21N5O/c1-24-14-18(13-23-24)16-4-5-19(22-12-16)15-6-9-25(10-7-15)20(26)17-3-2-8-21-11-17/h2-5,8,11-15H,6-7,9-10H2,1H3. The highest BCUT2D eigenvalue weighted by atomic mass is 16.2. The Balaban J connectivity index is 1.39. The van der Waals surface area contributed by atoms with Crippen molar-refractivity contribution in [2.24, 2.45) is 7.05 Å². The zero-order chi connectivity index (χ0) is 17.9. The molecule has 6 nitrogen and oxygen atoms in total. The SMILES string of the molecule is Cn1cc(-c2ccc(C3CCN(C(=O)c4cccnc4)CC3)nc2)cn1. The van der Waals surface area contributed by atoms with E-state index in [1.54, 1.807) is 23.1 Å². The molecule has 0 bridgehead atoms. The predicted molar refractivity (Wildman–Crippen MR) is 98.6 cm³/mol. The van der Waals surface area contributed by atoms with Crippen LogP contribution in [0.4, 0.5) is 0 Å². The lowest BCUT2D eigenvalue weighted by Crippen LogP contribution is -2.38. The Bertz CT molecular complexity index is 880. The van der Waals surface area contributed by atoms with E-state index in [0.717, 1.165) is 42.8 Å². The van der Waals surface area contributed by atoms with E-state index in [0.29, 0.717) is 11.5 Å². The van der Waals surface area contributed by atoms with Crippen LogP contribution >= 0.6 is 0 Å². The van der Waals surface area contributed by atoms with Gasteiger partial charge in [-0.2, -0.15) is 5.10 Å². The van der Waals surface area contributed by atoms with Crippen LogP contribution < -0.4 is 0 Å². The predicted octanol–water partition coefficient (Wildman–Crippen LogP) is 2.90. The molecule has 0 atom stereocenters. The summed E-state index contributed by atoms with van der Waals surface area (Å²) in [7, 11) is 1.91. The number of hydrogen-bond acceptors (Lipinski definition) is 4. The maximum absolute atomic E-state index is 12.5. The molecule has 26 heavy (non-hydrogen) atoms. The number of piperidine rings is 1. The van der Waals surface area contributed by atoms with E-state index in [9.17, 15) is 4.79 Å². The molecule has 1 aliphatic heterocycles. The summed E-state index contributed by atoms with van der Waals surface area (Å²) >= 11 is 0. The third kappa shape index (κ3) is 3.35. The molecule has 3 aromatic rings. The van der Waals surface area contributed by atoms with Crippen LogP contribution in [0.2, 0.25) is 0 Å². The second kappa shape index (κ2) is 7.07. The summed E-state index contributed by atoms with van der Waals surface area (Å²) in [6, 6.07) is 7.83. The Hall–Kier alpha value is -3.02. The van der Waals surface area contributed by atoms with Gasteiger partial charge in [0, 0.05) is 67.7 Å². The van der Waals surface area contributed by atoms with Crippen molar-refractivity contribution in [3.05, 3.63) is 66.5 Å². The van der Waals surface area contributed by atoms with Gasteiger partial charge in [-0.3, -0.25) is 19.4 Å². The summed E-state index contributed by atoms with van der Waals surface area (Å²) in [6.07, 6.45) is 10.9. The maximum Gasteiger partial charge on any atom is 0.255 e. The van der Waals surface area contributed by atoms with Crippen LogP contribution in [0, 0.1) is 0 Å². The largest absolute Gasteiger partial charge is 0.339 e. The molecule has 4 heterocycles. The summed E-state index contributed by atoms with van der Waals surface area (Å²) in [6.45, 7) is 1.51. The van der Waals surface area contributed by atoms with Crippen molar-refractivity contribution in [2.45, 2.75) is 18.8 Å². The molecule has 0 aromatic carbocycles. The summed E-state index contributed by atoms with van der Waals surface area (Å²) in [5, 5.41) is 4.20. The van der Waals surface area contributed by atoms with Crippen molar-refractivity contribution in [3.8, 4) is 11.1 Å². The minimum absolute atomic E-state index is 0.0661. The van der Waals surface area contributed by atoms with Gasteiger partial charge in [0.25, 0.3) is 5.91 Å². The number of nitrogens with zero attached hydrogens (tertiary/aromatic N) is 5. The van der Waals surface area contributed by atoms with Crippen molar-refractivity contribution in [1.29, 1.82) is 0 Å². The fraction of sp³-hybridized carbons (Fsp3) is 0.300. The van der Waals surface area contributed by atoms with Gasteiger partial charge in [-0.1, -0.05) is 6.07 Å². The number of rotatable bonds is 3. The molecule has 1 saturated heterocycles. The monoisotopic (exact) mass is 347 g/mol. The van der Waals surface area contributed by atoms with E-state index in [4.69, 9.17) is 0 Å². The van der Waals surface area contributed by atoms with E-state index >= 15 is 0 Å². The van der Waals surface area contributed by atoms with Gasteiger partial charge in [-0.05, 0) is 31.0 Å². The van der Waals surface area contributed by atoms with Crippen molar-refractivity contribution in [1.82, 2.24) is 24.6 Å². The van der Waals surface area contributed by atoms with Crippen LogP contribution in [0.15, 0.2) is 55.2 Å². The van der Waals surface area contributed by atoms with E-state index < -0.39 is 0 Å². The molecule has 6 heteroatoms. The molecule has 0 aliphatic carbocycles. The maximum atomic E-state index is 12.5. The van der Waals surface area contributed by atoms with Gasteiger partial charge in [0.1, 0.15) is 0 Å². The number of pyridine rings is 2. The Morgan fingerprint density at radius 3 is 2.54 bits per heavy atom. The Morgan fingerprint density at radius 2 is 1.92 bits per heavy atom. The van der Waals surface area contributed by atoms with Gasteiger partial charge in [-0.15, -0.1) is 0 Å². The fourth-order valence-corrected chi connectivity index (χ4v) is 3.44. The highest BCUT2D eigenvalue weighted by Gasteiger charge is 2.25. The first kappa shape index (κ1) is 16.4. The Kier molecular flexibility index (Phi) is 4.48. The van der Waals surface area contributed by atoms with Crippen LogP contribution in [0.1, 0.15) is 34.8 Å². The third-order valence-corrected chi connectivity index (χ3v) is 4.93. The molecule has 0 N–H and O–H groups in total. The summed E-state index contributed by atoms with van der Waals surface area (Å²) in [4.78, 5) is 23.1. The van der Waals surface area contributed by atoms with Gasteiger partial charge < -0.3 is 4.90 Å². The Labute approximate surface area is 152 Å². The molecular weight excluding hydrogens is 326 g/mol. The Morgan fingerprint density at radius 1 is 1.08 bits per heavy atom. The molecule has 0 spiro atoms. The lowest BCUT2D eigenvalue weighted by Gasteiger charge is -2.31. The first-order valence-electron chi connectivity index (χ1n) is 8.85. The van der Waals surface area contributed by atoms with Crippen LogP contribution in [-0.4, -0.2) is 43.6 Å². The number of aryl methyl sites for hydroxylation is 1. The quantitative estimate of drug-likeness (QED) is 0.731. The first-order chi connectivity index (χ1) is 12.7. The molecule has 0 saturated carbocycles. The van der Waals surface area contributed by atoms with Crippen molar-refractivity contribution in [2.75, 3.05) is 13.1 Å². The number of hydrogen-bond donors (Lipinski definition) is 0. The second-order valence-corrected chi connectivity index (χ2v) is 6.68. The van der Waals surface area contributed by atoms with E-state index in [1.807, 2.05) is 36.6 Å². The van der Waals surface area contributed by atoms with Crippen molar-refractivity contribution in [3.63, 3.8) is 0 Å². The van der Waals surface area contributed by atoms with Gasteiger partial charge in [-0.25, -0.2) is 0 Å². The first-order valence-corrected chi connectivity index (χ1v) is 8.85. The van der Waals surface area contributed by atoms with Crippen LogP contribution in [0.5, 0.6) is 0 Å². The van der Waals surface area contributed by atoms with Crippen LogP contribution in [0.3, 0.4) is 0 Å². The average Bonchev–Trinajstić information content (AvgIpc) is 3.15. The lowest BCUT2D eigenvalue weighted by molar-refractivity contribution is 0.0711. The van der Waals surface area contributed by atoms with Crippen LogP contribution in [0.25, 0.3) is 11.1 Å². The number of carbonyl (C=O) groups is 1. The number of likely N-dealkylation sites (tertiary alicyclic amines) is 1. The molecule has 0 radical (unpaired) electrons. The average molecular weight is 347 g/mol. The van der Waals surface area contributed by atoms with E-state index in [-0.39, 0.29) is 5.91 Å². The molecule has 4 rings (SSSR count). The van der Waals surface area contributed by atoms with E-state index in [2.05, 4.69) is 27.2 Å². The summed E-state index contributed by atoms with van der Waals surface area (Å²) in [5.41, 5.74) is 3.91. The normalized spacial score (nSPS) is 15.2. The topological polar surface area (TPSA) is 63.9 Å². The summed E-state index contributed by atoms with van der Waals surface area (Å²) in [5.74, 6) is 0.465. The van der Waals surface area contributed by atoms with Gasteiger partial charge >= 0.3 is 0 Å². The molecular formula is C20H21N5O. The number of amides is 1.